The van der Waals surface area contributed by atoms with E-state index in [0.29, 0.717) is 0 Å². The summed E-state index contributed by atoms with van der Waals surface area (Å²) in [6, 6.07) is 0. The minimum atomic E-state index is -0.323. The number of hydrogen-bond donors (Lipinski definition) is 2. The van der Waals surface area contributed by atoms with Crippen molar-refractivity contribution in [1.29, 1.82) is 4.78 Å². The molecule has 1 atom stereocenters. The van der Waals surface area contributed by atoms with Gasteiger partial charge in [-0.2, -0.15) is 0 Å². The average Bonchev–Trinajstić information content (AvgIpc) is 1.38. The van der Waals surface area contributed by atoms with Crippen molar-refractivity contribution in [2.45, 2.75) is 0 Å². The smallest absolute Gasteiger partial charge is 0.00614 e. The highest BCUT2D eigenvalue weighted by atomic mass is 32.2. The van der Waals surface area contributed by atoms with Gasteiger partial charge in [-0.25, -0.2) is 0 Å². The Morgan fingerprint density at radius 2 is 2.00 bits per heavy atom. The number of hydrogen-bond acceptors (Lipinski definition) is 1. The largest absolute Gasteiger partial charge is 0.266 e. The lowest BCUT2D eigenvalue weighted by Gasteiger charge is -1.85. The summed E-state index contributed by atoms with van der Waals surface area (Å²) < 4.78 is 9.47. The van der Waals surface area contributed by atoms with E-state index < -0.39 is 0 Å². The first-order valence-electron chi connectivity index (χ1n) is 1.32. The molecule has 0 aliphatic rings. The summed E-state index contributed by atoms with van der Waals surface area (Å²) in [5, 5.41) is 0. The van der Waals surface area contributed by atoms with Crippen LogP contribution in [-0.4, -0.2) is 13.3 Å². The number of rotatable bonds is 1. The second-order valence-corrected chi connectivity index (χ2v) is 2.14. The van der Waals surface area contributed by atoms with Gasteiger partial charge in [-0.3, -0.25) is 9.50 Å². The molecule has 0 saturated heterocycles. The van der Waals surface area contributed by atoms with Crippen LogP contribution >= 0.6 is 0 Å². The van der Waals surface area contributed by atoms with Gasteiger partial charge in [0.25, 0.3) is 0 Å². The molecule has 2 nitrogen and oxygen atoms in total. The van der Waals surface area contributed by atoms with Crippen molar-refractivity contribution in [3.05, 3.63) is 0 Å². The molecule has 0 aliphatic carbocycles. The summed E-state index contributed by atoms with van der Waals surface area (Å²) in [4.78, 5) is 0. The summed E-state index contributed by atoms with van der Waals surface area (Å²) >= 11 is 0. The topological polar surface area (TPSA) is 35.9 Å². The van der Waals surface area contributed by atoms with Crippen molar-refractivity contribution in [3.8, 4) is 0 Å². The minimum Gasteiger partial charge on any atom is -0.266 e. The third kappa shape index (κ3) is 4.11. The van der Waals surface area contributed by atoms with E-state index in [2.05, 4.69) is 4.72 Å². The Morgan fingerprint density at radius 1 is 1.80 bits per heavy atom. The Morgan fingerprint density at radius 3 is 2.00 bits per heavy atom. The maximum atomic E-state index is 6.74. The molecule has 0 saturated carbocycles. The predicted octanol–water partition coefficient (Wildman–Crippen LogP) is 0.131. The SMILES string of the molecule is CNS(C)=N. The van der Waals surface area contributed by atoms with Gasteiger partial charge in [0, 0.05) is 6.26 Å². The highest BCUT2D eigenvalue weighted by Gasteiger charge is 1.63. The molecule has 0 radical (unpaired) electrons. The van der Waals surface area contributed by atoms with Gasteiger partial charge in [-0.1, -0.05) is 0 Å². The molecule has 0 rings (SSSR count). The maximum absolute atomic E-state index is 6.74. The van der Waals surface area contributed by atoms with E-state index in [1.807, 2.05) is 0 Å². The van der Waals surface area contributed by atoms with E-state index in [0.717, 1.165) is 0 Å². The fourth-order valence-corrected chi connectivity index (χ4v) is 0. The zero-order valence-corrected chi connectivity index (χ0v) is 4.22. The van der Waals surface area contributed by atoms with Crippen LogP contribution in [-0.2, 0) is 10.9 Å². The van der Waals surface area contributed by atoms with E-state index >= 15 is 0 Å². The Bertz CT molecular complexity index is 42.9. The molecule has 3 heteroatoms. The second-order valence-electron chi connectivity index (χ2n) is 0.714. The minimum absolute atomic E-state index is 0.323. The van der Waals surface area contributed by atoms with Gasteiger partial charge in [-0.05, 0) is 17.9 Å². The highest BCUT2D eigenvalue weighted by molar-refractivity contribution is 7.83. The molecule has 0 aromatic heterocycles. The molecule has 0 aliphatic heterocycles. The van der Waals surface area contributed by atoms with Gasteiger partial charge in [-0.15, -0.1) is 0 Å². The summed E-state index contributed by atoms with van der Waals surface area (Å²) in [7, 11) is 1.45. The zero-order valence-electron chi connectivity index (χ0n) is 3.41. The normalized spacial score (nSPS) is 14.8. The monoisotopic (exact) mass is 92.0 g/mol. The first kappa shape index (κ1) is 5.11. The van der Waals surface area contributed by atoms with Crippen LogP contribution in [0.2, 0.25) is 0 Å². The Kier molecular flexibility index (Phi) is 2.41. The third-order valence-electron chi connectivity index (χ3n) is 0.306. The molecule has 2 N–H and O–H groups in total. The molecule has 0 aromatic carbocycles. The van der Waals surface area contributed by atoms with Crippen LogP contribution in [0, 0.1) is 4.78 Å². The quantitative estimate of drug-likeness (QED) is 0.474. The molecule has 0 aromatic rings. The molecule has 0 heterocycles. The van der Waals surface area contributed by atoms with E-state index in [9.17, 15) is 0 Å². The van der Waals surface area contributed by atoms with Crippen molar-refractivity contribution >= 4 is 10.9 Å². The van der Waals surface area contributed by atoms with Crippen LogP contribution in [0.25, 0.3) is 0 Å². The van der Waals surface area contributed by atoms with E-state index in [1.54, 1.807) is 13.3 Å². The molecule has 0 fully saturated rings. The first-order valence-corrected chi connectivity index (χ1v) is 2.95. The lowest BCUT2D eigenvalue weighted by Crippen LogP contribution is -2.04. The maximum Gasteiger partial charge on any atom is 0.00614 e. The van der Waals surface area contributed by atoms with E-state index in [1.165, 1.54) is 0 Å². The average molecular weight is 92.2 g/mol. The molecular formula is C2H8N2S. The van der Waals surface area contributed by atoms with Crippen LogP contribution in [0.1, 0.15) is 0 Å². The van der Waals surface area contributed by atoms with Gasteiger partial charge >= 0.3 is 0 Å². The van der Waals surface area contributed by atoms with Gasteiger partial charge in [0.2, 0.25) is 0 Å². The van der Waals surface area contributed by atoms with Crippen molar-refractivity contribution in [2.75, 3.05) is 13.3 Å². The summed E-state index contributed by atoms with van der Waals surface area (Å²) in [6.07, 6.45) is 1.81. The standard InChI is InChI=1S/C2H8N2S/c1-4-5(2)3/h1-2H3,(H2,3,4). The van der Waals surface area contributed by atoms with Crippen LogP contribution in [0.4, 0.5) is 0 Å². The summed E-state index contributed by atoms with van der Waals surface area (Å²) in [5.41, 5.74) is 0. The first-order chi connectivity index (χ1) is 2.27. The molecule has 0 amide bonds. The molecule has 0 bridgehead atoms. The molecule has 0 spiro atoms. The van der Waals surface area contributed by atoms with Crippen LogP contribution in [0.15, 0.2) is 0 Å². The Balaban J connectivity index is 2.85. The lowest BCUT2D eigenvalue weighted by molar-refractivity contribution is 1.27. The molecular weight excluding hydrogens is 84.1 g/mol. The van der Waals surface area contributed by atoms with Crippen molar-refractivity contribution in [2.24, 2.45) is 0 Å². The van der Waals surface area contributed by atoms with Crippen molar-refractivity contribution in [1.82, 2.24) is 4.72 Å². The van der Waals surface area contributed by atoms with Crippen molar-refractivity contribution in [3.63, 3.8) is 0 Å². The predicted molar refractivity (Wildman–Crippen MR) is 25.1 cm³/mol. The fraction of sp³-hybridized carbons (Fsp3) is 1.00. The van der Waals surface area contributed by atoms with Gasteiger partial charge < -0.3 is 0 Å². The van der Waals surface area contributed by atoms with Crippen LogP contribution < -0.4 is 4.72 Å². The summed E-state index contributed by atoms with van der Waals surface area (Å²) in [5.74, 6) is 0. The lowest BCUT2D eigenvalue weighted by atomic mass is 11.6. The Hall–Kier alpha value is 0.110. The highest BCUT2D eigenvalue weighted by Crippen LogP contribution is 1.53. The zero-order chi connectivity index (χ0) is 4.28. The van der Waals surface area contributed by atoms with Gasteiger partial charge in [0.05, 0.1) is 0 Å². The molecule has 32 valence electrons. The second kappa shape index (κ2) is 2.35. The summed E-state index contributed by atoms with van der Waals surface area (Å²) in [6.45, 7) is 0. The van der Waals surface area contributed by atoms with Crippen LogP contribution in [0.5, 0.6) is 0 Å². The van der Waals surface area contributed by atoms with Gasteiger partial charge in [0.1, 0.15) is 0 Å². The molecule has 1 unspecified atom stereocenters. The van der Waals surface area contributed by atoms with Crippen LogP contribution in [0.3, 0.4) is 0 Å². The number of nitrogens with one attached hydrogen (secondary N) is 2. The Labute approximate surface area is 34.6 Å². The van der Waals surface area contributed by atoms with Crippen molar-refractivity contribution < 1.29 is 0 Å². The third-order valence-corrected chi connectivity index (χ3v) is 0.919. The van der Waals surface area contributed by atoms with E-state index in [-0.39, 0.29) is 10.9 Å². The van der Waals surface area contributed by atoms with E-state index in [4.69, 9.17) is 4.78 Å². The molecule has 5 heavy (non-hydrogen) atoms. The van der Waals surface area contributed by atoms with Gasteiger partial charge in [0.15, 0.2) is 0 Å². The fourth-order valence-electron chi connectivity index (χ4n) is 0.